The van der Waals surface area contributed by atoms with Crippen LogP contribution in [-0.4, -0.2) is 37.6 Å². The molecule has 0 spiro atoms. The average Bonchev–Trinajstić information content (AvgIpc) is 2.73. The molecule has 154 valence electrons. The Balaban J connectivity index is 1.76. The number of carbonyl (C=O) groups is 2. The van der Waals surface area contributed by atoms with Crippen molar-refractivity contribution in [1.82, 2.24) is 5.32 Å². The van der Waals surface area contributed by atoms with Gasteiger partial charge in [0.15, 0.2) is 6.10 Å². The molecule has 0 saturated carbocycles. The first kappa shape index (κ1) is 20.7. The normalized spacial score (nSPS) is 15.3. The minimum atomic E-state index is -0.645. The number of carbonyl (C=O) groups excluding carboxylic acids is 2. The highest BCUT2D eigenvalue weighted by Gasteiger charge is 2.31. The minimum Gasteiger partial charge on any atom is -0.477 e. The van der Waals surface area contributed by atoms with Gasteiger partial charge in [-0.2, -0.15) is 0 Å². The molecule has 6 heteroatoms. The highest BCUT2D eigenvalue weighted by Crippen LogP contribution is 2.33. The van der Waals surface area contributed by atoms with Crippen LogP contribution >= 0.6 is 0 Å². The summed E-state index contributed by atoms with van der Waals surface area (Å²) in [4.78, 5) is 27.2. The van der Waals surface area contributed by atoms with E-state index < -0.39 is 6.10 Å². The summed E-state index contributed by atoms with van der Waals surface area (Å²) >= 11 is 0. The fraction of sp³-hybridized carbons (Fsp3) is 0.391. The molecule has 6 nitrogen and oxygen atoms in total. The van der Waals surface area contributed by atoms with Gasteiger partial charge in [0, 0.05) is 12.2 Å². The number of aryl methyl sites for hydroxylation is 2. The molecular weight excluding hydrogens is 366 g/mol. The number of amides is 2. The Labute approximate surface area is 172 Å². The first-order valence-corrected chi connectivity index (χ1v) is 10.2. The number of nitrogens with one attached hydrogen (secondary N) is 2. The zero-order valence-electron chi connectivity index (χ0n) is 17.3. The van der Waals surface area contributed by atoms with Crippen molar-refractivity contribution in [2.24, 2.45) is 0 Å². The van der Waals surface area contributed by atoms with E-state index in [1.807, 2.05) is 61.2 Å². The van der Waals surface area contributed by atoms with E-state index in [-0.39, 0.29) is 18.4 Å². The lowest BCUT2D eigenvalue weighted by atomic mass is 10.1. The van der Waals surface area contributed by atoms with Gasteiger partial charge in [-0.05, 0) is 43.0 Å². The number of benzene rings is 2. The van der Waals surface area contributed by atoms with E-state index in [1.54, 1.807) is 0 Å². The predicted molar refractivity (Wildman–Crippen MR) is 116 cm³/mol. The Morgan fingerprint density at radius 2 is 1.93 bits per heavy atom. The molecular formula is C23H29N3O3. The van der Waals surface area contributed by atoms with Crippen LogP contribution in [0, 0.1) is 6.92 Å². The highest BCUT2D eigenvalue weighted by atomic mass is 16.5. The number of para-hydroxylation sites is 3. The average molecular weight is 396 g/mol. The molecule has 0 radical (unpaired) electrons. The van der Waals surface area contributed by atoms with Crippen molar-refractivity contribution in [3.8, 4) is 5.75 Å². The summed E-state index contributed by atoms with van der Waals surface area (Å²) in [6, 6.07) is 13.5. The van der Waals surface area contributed by atoms with Crippen molar-refractivity contribution in [2.45, 2.75) is 39.7 Å². The third-order valence-corrected chi connectivity index (χ3v) is 5.04. The third-order valence-electron chi connectivity index (χ3n) is 5.04. The van der Waals surface area contributed by atoms with Gasteiger partial charge in [0.2, 0.25) is 5.91 Å². The van der Waals surface area contributed by atoms with Gasteiger partial charge in [-0.3, -0.25) is 9.59 Å². The molecule has 1 aliphatic rings. The fourth-order valence-electron chi connectivity index (χ4n) is 3.51. The predicted octanol–water partition coefficient (Wildman–Crippen LogP) is 3.29. The Kier molecular flexibility index (Phi) is 6.75. The molecule has 0 aromatic heterocycles. The largest absolute Gasteiger partial charge is 0.477 e. The second-order valence-electron chi connectivity index (χ2n) is 7.26. The molecule has 1 atom stereocenters. The second-order valence-corrected chi connectivity index (χ2v) is 7.26. The quantitative estimate of drug-likeness (QED) is 0.755. The van der Waals surface area contributed by atoms with Crippen LogP contribution in [0.25, 0.3) is 0 Å². The van der Waals surface area contributed by atoms with Crippen LogP contribution in [0.1, 0.15) is 31.4 Å². The lowest BCUT2D eigenvalue weighted by Gasteiger charge is -2.35. The molecule has 1 heterocycles. The molecule has 1 aliphatic heterocycles. The van der Waals surface area contributed by atoms with Gasteiger partial charge in [-0.25, -0.2) is 0 Å². The standard InChI is InChI=1S/C23H29N3O3/c1-4-13-24-23(28)20-14-26(18-11-6-7-12-19(18)29-20)15-21(27)25-22-16(3)9-8-10-17(22)5-2/h6-12,20H,4-5,13-15H2,1-3H3,(H,24,28)(H,25,27)/t20-/m1/s1. The van der Waals surface area contributed by atoms with Gasteiger partial charge < -0.3 is 20.3 Å². The van der Waals surface area contributed by atoms with Crippen molar-refractivity contribution in [1.29, 1.82) is 0 Å². The van der Waals surface area contributed by atoms with Gasteiger partial charge in [-0.15, -0.1) is 0 Å². The van der Waals surface area contributed by atoms with Crippen molar-refractivity contribution in [2.75, 3.05) is 29.9 Å². The molecule has 0 bridgehead atoms. The van der Waals surface area contributed by atoms with Gasteiger partial charge in [0.05, 0.1) is 18.8 Å². The molecule has 2 amide bonds. The molecule has 2 aromatic rings. The number of ether oxygens (including phenoxy) is 1. The summed E-state index contributed by atoms with van der Waals surface area (Å²) in [7, 11) is 0. The van der Waals surface area contributed by atoms with Crippen molar-refractivity contribution in [3.05, 3.63) is 53.6 Å². The summed E-state index contributed by atoms with van der Waals surface area (Å²) in [6.07, 6.45) is 1.06. The molecule has 3 rings (SSSR count). The molecule has 0 fully saturated rings. The molecule has 2 N–H and O–H groups in total. The van der Waals surface area contributed by atoms with Crippen molar-refractivity contribution in [3.63, 3.8) is 0 Å². The van der Waals surface area contributed by atoms with Crippen LogP contribution < -0.4 is 20.3 Å². The van der Waals surface area contributed by atoms with Crippen LogP contribution in [0.5, 0.6) is 5.75 Å². The zero-order valence-corrected chi connectivity index (χ0v) is 17.3. The summed E-state index contributed by atoms with van der Waals surface area (Å²) in [5.41, 5.74) is 3.84. The van der Waals surface area contributed by atoms with Crippen LogP contribution in [0.2, 0.25) is 0 Å². The number of nitrogens with zero attached hydrogens (tertiary/aromatic N) is 1. The SMILES string of the molecule is CCCNC(=O)[C@H]1CN(CC(=O)Nc2c(C)cccc2CC)c2ccccc2O1. The zero-order chi connectivity index (χ0) is 20.8. The molecule has 0 aliphatic carbocycles. The first-order chi connectivity index (χ1) is 14.0. The maximum atomic E-state index is 12.9. The smallest absolute Gasteiger partial charge is 0.262 e. The number of fused-ring (bicyclic) bond motifs is 1. The van der Waals surface area contributed by atoms with E-state index >= 15 is 0 Å². The maximum Gasteiger partial charge on any atom is 0.262 e. The fourth-order valence-corrected chi connectivity index (χ4v) is 3.51. The minimum absolute atomic E-state index is 0.113. The number of anilines is 2. The molecule has 0 unspecified atom stereocenters. The summed E-state index contributed by atoms with van der Waals surface area (Å²) in [6.45, 7) is 7.15. The number of hydrogen-bond donors (Lipinski definition) is 2. The van der Waals surface area contributed by atoms with Crippen molar-refractivity contribution >= 4 is 23.2 Å². The van der Waals surface area contributed by atoms with Gasteiger partial charge >= 0.3 is 0 Å². The first-order valence-electron chi connectivity index (χ1n) is 10.2. The van der Waals surface area contributed by atoms with Crippen LogP contribution in [-0.2, 0) is 16.0 Å². The van der Waals surface area contributed by atoms with Crippen molar-refractivity contribution < 1.29 is 14.3 Å². The van der Waals surface area contributed by atoms with E-state index in [9.17, 15) is 9.59 Å². The second kappa shape index (κ2) is 9.45. The number of rotatable bonds is 7. The van der Waals surface area contributed by atoms with Crippen LogP contribution in [0.15, 0.2) is 42.5 Å². The van der Waals surface area contributed by atoms with Gasteiger partial charge in [0.25, 0.3) is 5.91 Å². The number of hydrogen-bond acceptors (Lipinski definition) is 4. The lowest BCUT2D eigenvalue weighted by molar-refractivity contribution is -0.128. The summed E-state index contributed by atoms with van der Waals surface area (Å²) < 4.78 is 5.89. The van der Waals surface area contributed by atoms with E-state index in [2.05, 4.69) is 17.6 Å². The van der Waals surface area contributed by atoms with E-state index in [1.165, 1.54) is 0 Å². The van der Waals surface area contributed by atoms with Gasteiger partial charge in [0.1, 0.15) is 5.75 Å². The Hall–Kier alpha value is -3.02. The summed E-state index contributed by atoms with van der Waals surface area (Å²) in [5, 5.41) is 5.94. The third kappa shape index (κ3) is 4.88. The molecule has 0 saturated heterocycles. The topological polar surface area (TPSA) is 70.7 Å². The highest BCUT2D eigenvalue weighted by molar-refractivity contribution is 5.96. The Morgan fingerprint density at radius 3 is 2.69 bits per heavy atom. The molecule has 29 heavy (non-hydrogen) atoms. The van der Waals surface area contributed by atoms with E-state index in [0.717, 1.165) is 35.3 Å². The monoisotopic (exact) mass is 395 g/mol. The van der Waals surface area contributed by atoms with Gasteiger partial charge in [-0.1, -0.05) is 44.2 Å². The molecule has 2 aromatic carbocycles. The van der Waals surface area contributed by atoms with E-state index in [4.69, 9.17) is 4.74 Å². The Morgan fingerprint density at radius 1 is 1.14 bits per heavy atom. The van der Waals surface area contributed by atoms with Crippen LogP contribution in [0.4, 0.5) is 11.4 Å². The lowest BCUT2D eigenvalue weighted by Crippen LogP contribution is -2.50. The van der Waals surface area contributed by atoms with E-state index in [0.29, 0.717) is 18.8 Å². The maximum absolute atomic E-state index is 12.9. The van der Waals surface area contributed by atoms with Crippen LogP contribution in [0.3, 0.4) is 0 Å². The Bertz CT molecular complexity index is 881. The summed E-state index contributed by atoms with van der Waals surface area (Å²) in [5.74, 6) is 0.352.